The SMILES string of the molecule is COC1=CC(=O)C(=CN(O)C(C)(C)C)C(OC)=C1. The van der Waals surface area contributed by atoms with Crippen LogP contribution in [0.4, 0.5) is 0 Å². The second-order valence-electron chi connectivity index (χ2n) is 4.89. The van der Waals surface area contributed by atoms with Gasteiger partial charge in [-0.25, -0.2) is 0 Å². The predicted octanol–water partition coefficient (Wildman–Crippen LogP) is 2.00. The van der Waals surface area contributed by atoms with Crippen LogP contribution >= 0.6 is 0 Å². The van der Waals surface area contributed by atoms with Crippen LogP contribution in [0.2, 0.25) is 0 Å². The van der Waals surface area contributed by atoms with E-state index in [1.807, 2.05) is 20.8 Å². The summed E-state index contributed by atoms with van der Waals surface area (Å²) in [4.78, 5) is 11.9. The number of carbonyl (C=O) groups is 1. The van der Waals surface area contributed by atoms with Crippen LogP contribution in [0.1, 0.15) is 20.8 Å². The van der Waals surface area contributed by atoms with E-state index >= 15 is 0 Å². The third-order valence-electron chi connectivity index (χ3n) is 2.47. The second-order valence-corrected chi connectivity index (χ2v) is 4.89. The Balaban J connectivity index is 3.10. The van der Waals surface area contributed by atoms with Crippen LogP contribution in [-0.4, -0.2) is 35.8 Å². The summed E-state index contributed by atoms with van der Waals surface area (Å²) >= 11 is 0. The number of carbonyl (C=O) groups excluding carboxylic acids is 1. The number of hydroxylamine groups is 2. The summed E-state index contributed by atoms with van der Waals surface area (Å²) in [5, 5.41) is 10.8. The molecule has 1 N–H and O–H groups in total. The fraction of sp³-hybridized carbons (Fsp3) is 0.462. The number of methoxy groups -OCH3 is 2. The molecule has 1 aliphatic carbocycles. The van der Waals surface area contributed by atoms with Crippen molar-refractivity contribution in [2.45, 2.75) is 26.3 Å². The van der Waals surface area contributed by atoms with E-state index in [-0.39, 0.29) is 11.4 Å². The quantitative estimate of drug-likeness (QED) is 0.616. The second kappa shape index (κ2) is 5.27. The molecule has 0 aromatic heterocycles. The predicted molar refractivity (Wildman–Crippen MR) is 66.7 cm³/mol. The molecule has 0 aliphatic heterocycles. The smallest absolute Gasteiger partial charge is 0.194 e. The van der Waals surface area contributed by atoms with Crippen molar-refractivity contribution in [1.82, 2.24) is 5.06 Å². The highest BCUT2D eigenvalue weighted by Gasteiger charge is 2.24. The van der Waals surface area contributed by atoms with Crippen LogP contribution in [0.25, 0.3) is 0 Å². The lowest BCUT2D eigenvalue weighted by atomic mass is 10.0. The maximum Gasteiger partial charge on any atom is 0.194 e. The first kappa shape index (κ1) is 14.3. The van der Waals surface area contributed by atoms with Crippen molar-refractivity contribution in [3.63, 3.8) is 0 Å². The molecule has 0 fully saturated rings. The van der Waals surface area contributed by atoms with Gasteiger partial charge >= 0.3 is 0 Å². The molecule has 0 aromatic carbocycles. The molecule has 0 saturated carbocycles. The fourth-order valence-corrected chi connectivity index (χ4v) is 1.31. The molecule has 1 rings (SSSR count). The van der Waals surface area contributed by atoms with Gasteiger partial charge in [0.1, 0.15) is 11.5 Å². The molecule has 0 radical (unpaired) electrons. The number of nitrogens with zero attached hydrogens (tertiary/aromatic N) is 1. The molecular formula is C13H19NO4. The van der Waals surface area contributed by atoms with Crippen LogP contribution < -0.4 is 0 Å². The Morgan fingerprint density at radius 3 is 2.28 bits per heavy atom. The molecule has 0 atom stereocenters. The number of hydrogen-bond donors (Lipinski definition) is 1. The molecular weight excluding hydrogens is 234 g/mol. The molecule has 0 aromatic rings. The van der Waals surface area contributed by atoms with Gasteiger partial charge in [-0.15, -0.1) is 0 Å². The van der Waals surface area contributed by atoms with Crippen molar-refractivity contribution in [2.75, 3.05) is 14.2 Å². The Labute approximate surface area is 107 Å². The summed E-state index contributed by atoms with van der Waals surface area (Å²) in [6.45, 7) is 5.47. The molecule has 0 amide bonds. The Hall–Kier alpha value is -1.75. The molecule has 0 saturated heterocycles. The van der Waals surface area contributed by atoms with Gasteiger partial charge in [0.25, 0.3) is 0 Å². The van der Waals surface area contributed by atoms with E-state index < -0.39 is 5.54 Å². The summed E-state index contributed by atoms with van der Waals surface area (Å²) in [6, 6.07) is 0. The normalized spacial score (nSPS) is 18.3. The molecule has 18 heavy (non-hydrogen) atoms. The first-order chi connectivity index (χ1) is 8.29. The third-order valence-corrected chi connectivity index (χ3v) is 2.47. The number of hydrogen-bond acceptors (Lipinski definition) is 5. The lowest BCUT2D eigenvalue weighted by Gasteiger charge is -2.29. The van der Waals surface area contributed by atoms with E-state index in [9.17, 15) is 10.0 Å². The monoisotopic (exact) mass is 253 g/mol. The zero-order valence-corrected chi connectivity index (χ0v) is 11.4. The average molecular weight is 253 g/mol. The summed E-state index contributed by atoms with van der Waals surface area (Å²) in [6.07, 6.45) is 4.31. The average Bonchev–Trinajstić information content (AvgIpc) is 2.29. The van der Waals surface area contributed by atoms with Crippen LogP contribution in [0.3, 0.4) is 0 Å². The van der Waals surface area contributed by atoms with E-state index in [1.165, 1.54) is 26.5 Å². The van der Waals surface area contributed by atoms with Gasteiger partial charge in [0.05, 0.1) is 25.3 Å². The van der Waals surface area contributed by atoms with E-state index in [0.29, 0.717) is 11.5 Å². The molecule has 0 unspecified atom stereocenters. The van der Waals surface area contributed by atoms with E-state index in [4.69, 9.17) is 9.47 Å². The van der Waals surface area contributed by atoms with E-state index in [1.54, 1.807) is 6.08 Å². The molecule has 5 nitrogen and oxygen atoms in total. The summed E-state index contributed by atoms with van der Waals surface area (Å²) in [5.41, 5.74) is -0.215. The van der Waals surface area contributed by atoms with Crippen LogP contribution in [-0.2, 0) is 14.3 Å². The lowest BCUT2D eigenvalue weighted by molar-refractivity contribution is -0.117. The Morgan fingerprint density at radius 2 is 1.83 bits per heavy atom. The number of rotatable bonds is 3. The lowest BCUT2D eigenvalue weighted by Crippen LogP contribution is -2.35. The summed E-state index contributed by atoms with van der Waals surface area (Å²) < 4.78 is 10.1. The minimum atomic E-state index is -0.503. The molecule has 5 heteroatoms. The van der Waals surface area contributed by atoms with Crippen molar-refractivity contribution in [3.8, 4) is 0 Å². The van der Waals surface area contributed by atoms with Crippen molar-refractivity contribution in [3.05, 3.63) is 35.4 Å². The molecule has 0 spiro atoms. The zero-order valence-electron chi connectivity index (χ0n) is 11.4. The Bertz CT molecular complexity index is 427. The zero-order chi connectivity index (χ0) is 13.9. The Morgan fingerprint density at radius 1 is 1.22 bits per heavy atom. The maximum absolute atomic E-state index is 11.9. The molecule has 0 heterocycles. The van der Waals surface area contributed by atoms with Gasteiger partial charge in [0.15, 0.2) is 5.78 Å². The van der Waals surface area contributed by atoms with Gasteiger partial charge in [-0.3, -0.25) is 15.1 Å². The molecule has 100 valence electrons. The van der Waals surface area contributed by atoms with Crippen molar-refractivity contribution in [1.29, 1.82) is 0 Å². The standard InChI is InChI=1S/C13H19NO4/c1-13(2,3)14(16)8-10-11(15)6-9(17-4)7-12(10)18-5/h6-8,16H,1-5H3. The molecule has 0 bridgehead atoms. The van der Waals surface area contributed by atoms with Crippen LogP contribution in [0.15, 0.2) is 35.4 Å². The first-order valence-corrected chi connectivity index (χ1v) is 5.55. The fourth-order valence-electron chi connectivity index (χ4n) is 1.31. The first-order valence-electron chi connectivity index (χ1n) is 5.55. The van der Waals surface area contributed by atoms with Crippen molar-refractivity contribution >= 4 is 5.78 Å². The van der Waals surface area contributed by atoms with Crippen molar-refractivity contribution in [2.24, 2.45) is 0 Å². The maximum atomic E-state index is 11.9. The van der Waals surface area contributed by atoms with Gasteiger partial charge < -0.3 is 9.47 Å². The highest BCUT2D eigenvalue weighted by molar-refractivity contribution is 6.08. The highest BCUT2D eigenvalue weighted by Crippen LogP contribution is 2.23. The van der Waals surface area contributed by atoms with Gasteiger partial charge in [0.2, 0.25) is 0 Å². The molecule has 1 aliphatic rings. The number of ether oxygens (including phenoxy) is 2. The van der Waals surface area contributed by atoms with Crippen LogP contribution in [0.5, 0.6) is 0 Å². The minimum Gasteiger partial charge on any atom is -0.496 e. The van der Waals surface area contributed by atoms with Gasteiger partial charge in [-0.2, -0.15) is 0 Å². The number of allylic oxidation sites excluding steroid dienone is 3. The summed E-state index contributed by atoms with van der Waals surface area (Å²) in [5.74, 6) is 0.520. The van der Waals surface area contributed by atoms with Gasteiger partial charge in [-0.05, 0) is 20.8 Å². The van der Waals surface area contributed by atoms with E-state index in [2.05, 4.69) is 0 Å². The van der Waals surface area contributed by atoms with Crippen molar-refractivity contribution < 1.29 is 19.5 Å². The topological polar surface area (TPSA) is 59.0 Å². The van der Waals surface area contributed by atoms with Crippen LogP contribution in [0, 0.1) is 0 Å². The van der Waals surface area contributed by atoms with Gasteiger partial charge in [0, 0.05) is 18.4 Å². The summed E-state index contributed by atoms with van der Waals surface area (Å²) in [7, 11) is 2.94. The Kier molecular flexibility index (Phi) is 4.19. The van der Waals surface area contributed by atoms with Gasteiger partial charge in [-0.1, -0.05) is 0 Å². The minimum absolute atomic E-state index is 0.269. The third kappa shape index (κ3) is 3.13. The number of ketones is 1. The highest BCUT2D eigenvalue weighted by atomic mass is 16.5. The van der Waals surface area contributed by atoms with E-state index in [0.717, 1.165) is 5.06 Å². The largest absolute Gasteiger partial charge is 0.496 e.